The van der Waals surface area contributed by atoms with Crippen LogP contribution in [0.5, 0.6) is 0 Å². The van der Waals surface area contributed by atoms with Crippen molar-refractivity contribution in [3.63, 3.8) is 0 Å². The third kappa shape index (κ3) is 3.12. The van der Waals surface area contributed by atoms with Gasteiger partial charge in [0, 0.05) is 54.5 Å². The molecule has 0 N–H and O–H groups in total. The maximum Gasteiger partial charge on any atom is 0.146 e. The van der Waals surface area contributed by atoms with E-state index in [1.807, 2.05) is 0 Å². The van der Waals surface area contributed by atoms with Crippen LogP contribution in [-0.4, -0.2) is 13.8 Å². The summed E-state index contributed by atoms with van der Waals surface area (Å²) in [6.45, 7) is 0. The van der Waals surface area contributed by atoms with Gasteiger partial charge in [-0.15, -0.1) is 0 Å². The van der Waals surface area contributed by atoms with Crippen LogP contribution in [0.15, 0.2) is 158 Å². The Kier molecular flexibility index (Phi) is 4.69. The van der Waals surface area contributed by atoms with E-state index in [-0.39, 0.29) is 0 Å². The summed E-state index contributed by atoms with van der Waals surface area (Å²) in [5, 5.41) is 11.0. The van der Waals surface area contributed by atoms with Crippen LogP contribution in [0.4, 0.5) is 17.1 Å². The number of nitrogens with zero attached hydrogens (tertiary/aromatic N) is 4. The Morgan fingerprint density at radius 2 is 0.959 bits per heavy atom. The van der Waals surface area contributed by atoms with Crippen LogP contribution in [0.2, 0.25) is 0 Å². The quantitative estimate of drug-likeness (QED) is 0.196. The van der Waals surface area contributed by atoms with Gasteiger partial charge in [-0.2, -0.15) is 0 Å². The van der Waals surface area contributed by atoms with Gasteiger partial charge in [-0.25, -0.2) is 4.98 Å². The van der Waals surface area contributed by atoms with Crippen molar-refractivity contribution < 1.29 is 0 Å². The average Bonchev–Trinajstić information content (AvgIpc) is 3.88. The minimum atomic E-state index is 0.990. The van der Waals surface area contributed by atoms with E-state index in [1.165, 1.54) is 70.5 Å². The fourth-order valence-electron chi connectivity index (χ4n) is 8.77. The Morgan fingerprint density at radius 1 is 0.388 bits per heavy atom. The lowest BCUT2D eigenvalue weighted by Gasteiger charge is -2.28. The zero-order chi connectivity index (χ0) is 31.8. The molecule has 0 aliphatic rings. The van der Waals surface area contributed by atoms with Crippen LogP contribution >= 0.6 is 0 Å². The minimum Gasteiger partial charge on any atom is -0.308 e. The van der Waals surface area contributed by atoms with Crippen molar-refractivity contribution in [3.8, 4) is 0 Å². The van der Waals surface area contributed by atoms with Crippen LogP contribution in [-0.2, 0) is 0 Å². The molecule has 12 aromatic rings. The second-order valence-corrected chi connectivity index (χ2v) is 13.2. The molecule has 4 nitrogen and oxygen atoms in total. The first kappa shape index (κ1) is 25.4. The van der Waals surface area contributed by atoms with Crippen molar-refractivity contribution in [2.75, 3.05) is 4.90 Å². The molecule has 0 atom stereocenters. The van der Waals surface area contributed by atoms with Crippen LogP contribution in [0, 0.1) is 0 Å². The first-order chi connectivity index (χ1) is 24.3. The third-order valence-corrected chi connectivity index (χ3v) is 10.7. The summed E-state index contributed by atoms with van der Waals surface area (Å²) in [5.41, 5.74) is 11.4. The number of rotatable bonds is 3. The molecule has 0 saturated carbocycles. The number of aromatic nitrogens is 3. The number of pyridine rings is 1. The number of hydrogen-bond acceptors (Lipinski definition) is 2. The van der Waals surface area contributed by atoms with E-state index in [4.69, 9.17) is 4.98 Å². The van der Waals surface area contributed by atoms with Gasteiger partial charge in [0.1, 0.15) is 5.65 Å². The molecule has 0 bridgehead atoms. The van der Waals surface area contributed by atoms with E-state index in [9.17, 15) is 0 Å². The predicted octanol–water partition coefficient (Wildman–Crippen LogP) is 12.0. The van der Waals surface area contributed by atoms with Gasteiger partial charge < -0.3 is 9.30 Å². The third-order valence-electron chi connectivity index (χ3n) is 10.7. The van der Waals surface area contributed by atoms with E-state index in [0.717, 1.165) is 33.7 Å². The van der Waals surface area contributed by atoms with Gasteiger partial charge in [0.25, 0.3) is 0 Å². The average molecular weight is 623 g/mol. The Bertz CT molecular complexity index is 3220. The summed E-state index contributed by atoms with van der Waals surface area (Å²) in [6, 6.07) is 57.2. The molecule has 5 heterocycles. The summed E-state index contributed by atoms with van der Waals surface area (Å²) >= 11 is 0. The Balaban J connectivity index is 1.32. The molecular formula is C45H26N4. The van der Waals surface area contributed by atoms with Gasteiger partial charge in [-0.1, -0.05) is 115 Å². The maximum atomic E-state index is 5.66. The molecule has 5 aromatic heterocycles. The molecule has 7 aromatic carbocycles. The largest absolute Gasteiger partial charge is 0.308 e. The molecule has 49 heavy (non-hydrogen) atoms. The van der Waals surface area contributed by atoms with E-state index < -0.39 is 0 Å². The molecule has 0 aliphatic heterocycles. The van der Waals surface area contributed by atoms with Crippen molar-refractivity contribution in [2.24, 2.45) is 0 Å². The molecular weight excluding hydrogens is 597 g/mol. The zero-order valence-corrected chi connectivity index (χ0v) is 26.3. The standard InChI is InChI=1S/C45H26N4/c1-3-14-28(15-4-1)47(29-16-5-2-6-17-29)43-30-18-8-7-13-27(30)25-36-33-21-11-22-34-37-26-39-40(46-45(37)49(41(33)34)44(36)43)35-23-12-20-32-31-19-9-10-24-38(31)48(39)42(32)35/h1-26H. The second-order valence-electron chi connectivity index (χ2n) is 13.2. The molecule has 0 saturated heterocycles. The zero-order valence-electron chi connectivity index (χ0n) is 26.3. The molecule has 4 heteroatoms. The number of anilines is 3. The van der Waals surface area contributed by atoms with Crippen molar-refractivity contribution in [1.29, 1.82) is 0 Å². The smallest absolute Gasteiger partial charge is 0.146 e. The number of para-hydroxylation sites is 5. The van der Waals surface area contributed by atoms with Crippen molar-refractivity contribution in [2.45, 2.75) is 0 Å². The molecule has 0 aliphatic carbocycles. The van der Waals surface area contributed by atoms with Crippen molar-refractivity contribution >= 4 is 104 Å². The Labute approximate surface area is 279 Å². The number of hydrogen-bond donors (Lipinski definition) is 0. The molecule has 226 valence electrons. The fourth-order valence-corrected chi connectivity index (χ4v) is 8.77. The number of fused-ring (bicyclic) bond motifs is 13. The lowest BCUT2D eigenvalue weighted by atomic mass is 10.0. The molecule has 0 amide bonds. The van der Waals surface area contributed by atoms with Crippen molar-refractivity contribution in [3.05, 3.63) is 158 Å². The predicted molar refractivity (Wildman–Crippen MR) is 206 cm³/mol. The summed E-state index contributed by atoms with van der Waals surface area (Å²) in [7, 11) is 0. The SMILES string of the molecule is c1ccc(N(c2ccccc2)c2c3ccccc3cc3c4cccc5c6cc7c(nc6n(c23)c54)c2cccc3c4ccccc4n7c32)cc1. The first-order valence-electron chi connectivity index (χ1n) is 16.8. The number of benzene rings is 7. The highest BCUT2D eigenvalue weighted by atomic mass is 15.2. The molecule has 0 fully saturated rings. The fraction of sp³-hybridized carbons (Fsp3) is 0. The van der Waals surface area contributed by atoms with E-state index in [0.29, 0.717) is 0 Å². The van der Waals surface area contributed by atoms with Gasteiger partial charge in [-0.3, -0.25) is 4.40 Å². The monoisotopic (exact) mass is 622 g/mol. The summed E-state index contributed by atoms with van der Waals surface area (Å²) in [5.74, 6) is 0. The van der Waals surface area contributed by atoms with Gasteiger partial charge in [-0.05, 0) is 47.9 Å². The summed E-state index contributed by atoms with van der Waals surface area (Å²) < 4.78 is 4.89. The highest BCUT2D eigenvalue weighted by Crippen LogP contribution is 2.49. The maximum absolute atomic E-state index is 5.66. The van der Waals surface area contributed by atoms with Gasteiger partial charge >= 0.3 is 0 Å². The topological polar surface area (TPSA) is 25.0 Å². The lowest BCUT2D eigenvalue weighted by molar-refractivity contribution is 1.26. The Hall–Kier alpha value is -6.65. The Morgan fingerprint density at radius 3 is 1.71 bits per heavy atom. The van der Waals surface area contributed by atoms with Crippen molar-refractivity contribution in [1.82, 2.24) is 13.8 Å². The van der Waals surface area contributed by atoms with E-state index in [2.05, 4.69) is 171 Å². The minimum absolute atomic E-state index is 0.990. The second kappa shape index (κ2) is 9.03. The van der Waals surface area contributed by atoms with Crippen LogP contribution in [0.3, 0.4) is 0 Å². The van der Waals surface area contributed by atoms with Gasteiger partial charge in [0.15, 0.2) is 0 Å². The molecule has 0 spiro atoms. The summed E-state index contributed by atoms with van der Waals surface area (Å²) in [4.78, 5) is 8.09. The van der Waals surface area contributed by atoms with Crippen LogP contribution in [0.1, 0.15) is 0 Å². The highest BCUT2D eigenvalue weighted by molar-refractivity contribution is 6.30. The molecule has 12 rings (SSSR count). The molecule has 0 radical (unpaired) electrons. The lowest BCUT2D eigenvalue weighted by Crippen LogP contribution is -2.11. The highest BCUT2D eigenvalue weighted by Gasteiger charge is 2.27. The molecule has 0 unspecified atom stereocenters. The van der Waals surface area contributed by atoms with Gasteiger partial charge in [0.2, 0.25) is 0 Å². The normalized spacial score (nSPS) is 12.5. The van der Waals surface area contributed by atoms with Gasteiger partial charge in [0.05, 0.1) is 38.8 Å². The van der Waals surface area contributed by atoms with Crippen LogP contribution < -0.4 is 4.90 Å². The summed E-state index contributed by atoms with van der Waals surface area (Å²) in [6.07, 6.45) is 0. The van der Waals surface area contributed by atoms with E-state index in [1.54, 1.807) is 0 Å². The van der Waals surface area contributed by atoms with Crippen LogP contribution in [0.25, 0.3) is 87.2 Å². The first-order valence-corrected chi connectivity index (χ1v) is 16.8. The van der Waals surface area contributed by atoms with E-state index >= 15 is 0 Å².